The Morgan fingerprint density at radius 2 is 2.09 bits per heavy atom. The summed E-state index contributed by atoms with van der Waals surface area (Å²) in [6, 6.07) is 12.0. The highest BCUT2D eigenvalue weighted by Crippen LogP contribution is 2.29. The van der Waals surface area contributed by atoms with Gasteiger partial charge in [-0.2, -0.15) is 5.26 Å². The van der Waals surface area contributed by atoms with Crippen LogP contribution in [0.15, 0.2) is 41.8 Å². The molecule has 23 heavy (non-hydrogen) atoms. The number of benzene rings is 1. The Morgan fingerprint density at radius 1 is 1.35 bits per heavy atom. The van der Waals surface area contributed by atoms with Gasteiger partial charge in [0.1, 0.15) is 11.9 Å². The molecule has 1 aliphatic carbocycles. The molecule has 0 radical (unpaired) electrons. The van der Waals surface area contributed by atoms with Crippen molar-refractivity contribution in [2.24, 2.45) is 0 Å². The van der Waals surface area contributed by atoms with Crippen LogP contribution in [0.4, 0.5) is 0 Å². The van der Waals surface area contributed by atoms with Gasteiger partial charge in [-0.25, -0.2) is 0 Å². The van der Waals surface area contributed by atoms with Crippen LogP contribution < -0.4 is 5.32 Å². The fourth-order valence-electron chi connectivity index (χ4n) is 2.76. The maximum atomic E-state index is 12.2. The van der Waals surface area contributed by atoms with E-state index < -0.39 is 5.54 Å². The molecule has 0 bridgehead atoms. The van der Waals surface area contributed by atoms with Crippen LogP contribution in [0.2, 0.25) is 0 Å². The highest BCUT2D eigenvalue weighted by molar-refractivity contribution is 7.99. The summed E-state index contributed by atoms with van der Waals surface area (Å²) in [5.41, 5.74) is 0.273. The van der Waals surface area contributed by atoms with Gasteiger partial charge in [-0.15, -0.1) is 10.2 Å². The lowest BCUT2D eigenvalue weighted by Crippen LogP contribution is -2.45. The van der Waals surface area contributed by atoms with Crippen LogP contribution >= 0.6 is 11.8 Å². The van der Waals surface area contributed by atoms with Crippen LogP contribution in [0.25, 0.3) is 5.69 Å². The van der Waals surface area contributed by atoms with E-state index in [9.17, 15) is 10.1 Å². The van der Waals surface area contributed by atoms with Gasteiger partial charge in [0.2, 0.25) is 5.91 Å². The van der Waals surface area contributed by atoms with Crippen molar-refractivity contribution in [2.75, 3.05) is 5.75 Å². The molecule has 118 valence electrons. The molecule has 6 nitrogen and oxygen atoms in total. The molecule has 7 heteroatoms. The number of para-hydroxylation sites is 1. The van der Waals surface area contributed by atoms with Crippen molar-refractivity contribution in [3.05, 3.63) is 36.7 Å². The Morgan fingerprint density at radius 3 is 2.78 bits per heavy atom. The van der Waals surface area contributed by atoms with E-state index in [4.69, 9.17) is 0 Å². The van der Waals surface area contributed by atoms with Crippen molar-refractivity contribution in [1.29, 1.82) is 5.26 Å². The quantitative estimate of drug-likeness (QED) is 0.852. The predicted molar refractivity (Wildman–Crippen MR) is 87.0 cm³/mol. The number of amides is 1. The molecule has 2 aromatic rings. The van der Waals surface area contributed by atoms with Crippen LogP contribution in [-0.2, 0) is 4.79 Å². The minimum Gasteiger partial charge on any atom is -0.337 e. The second-order valence-electron chi connectivity index (χ2n) is 5.56. The average Bonchev–Trinajstić information content (AvgIpc) is 3.23. The summed E-state index contributed by atoms with van der Waals surface area (Å²) < 4.78 is 1.84. The highest BCUT2D eigenvalue weighted by atomic mass is 32.2. The van der Waals surface area contributed by atoms with Gasteiger partial charge in [0.15, 0.2) is 5.16 Å². The Kier molecular flexibility index (Phi) is 4.63. The predicted octanol–water partition coefficient (Wildman–Crippen LogP) is 2.31. The van der Waals surface area contributed by atoms with E-state index in [0.29, 0.717) is 5.16 Å². The van der Waals surface area contributed by atoms with Crippen molar-refractivity contribution < 1.29 is 4.79 Å². The number of aromatic nitrogens is 3. The smallest absolute Gasteiger partial charge is 0.231 e. The number of hydrogen-bond acceptors (Lipinski definition) is 5. The molecule has 1 fully saturated rings. The summed E-state index contributed by atoms with van der Waals surface area (Å²) in [6.45, 7) is 0. The van der Waals surface area contributed by atoms with Crippen LogP contribution in [-0.4, -0.2) is 32.0 Å². The number of rotatable bonds is 5. The number of nitrogens with one attached hydrogen (secondary N) is 1. The summed E-state index contributed by atoms with van der Waals surface area (Å²) in [6.07, 6.45) is 5.08. The highest BCUT2D eigenvalue weighted by Gasteiger charge is 2.35. The van der Waals surface area contributed by atoms with Crippen molar-refractivity contribution in [1.82, 2.24) is 20.1 Å². The number of nitriles is 1. The molecule has 0 atom stereocenters. The van der Waals surface area contributed by atoms with Gasteiger partial charge in [-0.1, -0.05) is 30.0 Å². The molecule has 0 unspecified atom stereocenters. The van der Waals surface area contributed by atoms with Gasteiger partial charge < -0.3 is 5.32 Å². The summed E-state index contributed by atoms with van der Waals surface area (Å²) in [4.78, 5) is 12.2. The first kappa shape index (κ1) is 15.6. The molecule has 1 heterocycles. The largest absolute Gasteiger partial charge is 0.337 e. The normalized spacial score (nSPS) is 16.0. The molecule has 1 saturated carbocycles. The number of hydrogen-bond donors (Lipinski definition) is 1. The molecular weight excluding hydrogens is 310 g/mol. The SMILES string of the molecule is N#CC1(NC(=O)CSc2nncn2-c2ccccc2)CCCC1. The summed E-state index contributed by atoms with van der Waals surface area (Å²) in [5.74, 6) is 0.0793. The minimum absolute atomic E-state index is 0.138. The van der Waals surface area contributed by atoms with E-state index in [1.165, 1.54) is 11.8 Å². The van der Waals surface area contributed by atoms with E-state index in [0.717, 1.165) is 31.4 Å². The third-order valence-corrected chi connectivity index (χ3v) is 4.88. The average molecular weight is 327 g/mol. The molecule has 1 aliphatic rings. The van der Waals surface area contributed by atoms with E-state index in [1.54, 1.807) is 6.33 Å². The van der Waals surface area contributed by atoms with E-state index in [-0.39, 0.29) is 11.7 Å². The van der Waals surface area contributed by atoms with Crippen LogP contribution in [0.5, 0.6) is 0 Å². The Bertz CT molecular complexity index is 716. The third-order valence-electron chi connectivity index (χ3n) is 3.93. The fourth-order valence-corrected chi connectivity index (χ4v) is 3.49. The second kappa shape index (κ2) is 6.84. The lowest BCUT2D eigenvalue weighted by Gasteiger charge is -2.21. The van der Waals surface area contributed by atoms with Crippen LogP contribution in [0, 0.1) is 11.3 Å². The molecule has 1 amide bonds. The number of nitrogens with zero attached hydrogens (tertiary/aromatic N) is 4. The number of thioether (sulfide) groups is 1. The molecular formula is C16H17N5OS. The zero-order valence-electron chi connectivity index (χ0n) is 12.6. The summed E-state index contributed by atoms with van der Waals surface area (Å²) >= 11 is 1.32. The van der Waals surface area contributed by atoms with E-state index in [1.807, 2.05) is 34.9 Å². The number of carbonyl (C=O) groups excluding carboxylic acids is 1. The third kappa shape index (κ3) is 3.54. The molecule has 0 aliphatic heterocycles. The zero-order chi connectivity index (χ0) is 16.1. The van der Waals surface area contributed by atoms with Gasteiger partial charge in [0, 0.05) is 5.69 Å². The number of carbonyl (C=O) groups is 1. The van der Waals surface area contributed by atoms with Crippen LogP contribution in [0.3, 0.4) is 0 Å². The molecule has 1 aromatic heterocycles. The van der Waals surface area contributed by atoms with Crippen LogP contribution in [0.1, 0.15) is 25.7 Å². The fraction of sp³-hybridized carbons (Fsp3) is 0.375. The molecule has 0 spiro atoms. The van der Waals surface area contributed by atoms with Crippen molar-refractivity contribution in [3.8, 4) is 11.8 Å². The van der Waals surface area contributed by atoms with Gasteiger partial charge >= 0.3 is 0 Å². The van der Waals surface area contributed by atoms with Crippen molar-refractivity contribution in [2.45, 2.75) is 36.4 Å². The van der Waals surface area contributed by atoms with Gasteiger partial charge in [0.25, 0.3) is 0 Å². The first-order valence-electron chi connectivity index (χ1n) is 7.53. The van der Waals surface area contributed by atoms with Gasteiger partial charge in [0.05, 0.1) is 11.8 Å². The van der Waals surface area contributed by atoms with E-state index >= 15 is 0 Å². The summed E-state index contributed by atoms with van der Waals surface area (Å²) in [7, 11) is 0. The van der Waals surface area contributed by atoms with Crippen molar-refractivity contribution >= 4 is 17.7 Å². The molecule has 1 aromatic carbocycles. The summed E-state index contributed by atoms with van der Waals surface area (Å²) in [5, 5.41) is 20.8. The molecule has 0 saturated heterocycles. The Hall–Kier alpha value is -2.33. The first-order chi connectivity index (χ1) is 11.2. The molecule has 3 rings (SSSR count). The Balaban J connectivity index is 1.62. The van der Waals surface area contributed by atoms with Crippen molar-refractivity contribution in [3.63, 3.8) is 0 Å². The Labute approximate surface area is 138 Å². The first-order valence-corrected chi connectivity index (χ1v) is 8.51. The second-order valence-corrected chi connectivity index (χ2v) is 6.50. The van der Waals surface area contributed by atoms with Gasteiger partial charge in [-0.05, 0) is 37.8 Å². The standard InChI is InChI=1S/C16H17N5OS/c17-11-16(8-4-5-9-16)19-14(22)10-23-15-20-18-12-21(15)13-6-2-1-3-7-13/h1-3,6-7,12H,4-5,8-10H2,(H,19,22). The lowest BCUT2D eigenvalue weighted by molar-refractivity contribution is -0.119. The zero-order valence-corrected chi connectivity index (χ0v) is 13.4. The maximum absolute atomic E-state index is 12.2. The lowest BCUT2D eigenvalue weighted by atomic mass is 10.0. The minimum atomic E-state index is -0.676. The molecule has 1 N–H and O–H groups in total. The van der Waals surface area contributed by atoms with Gasteiger partial charge in [-0.3, -0.25) is 9.36 Å². The topological polar surface area (TPSA) is 83.6 Å². The van der Waals surface area contributed by atoms with E-state index in [2.05, 4.69) is 21.6 Å². The monoisotopic (exact) mass is 327 g/mol. The maximum Gasteiger partial charge on any atom is 0.231 e.